The van der Waals surface area contributed by atoms with Crippen molar-refractivity contribution in [2.45, 2.75) is 51.0 Å². The average Bonchev–Trinajstić information content (AvgIpc) is 2.86. The smallest absolute Gasteiger partial charge is 0.414 e. The highest BCUT2D eigenvalue weighted by atomic mass is 16.6. The largest absolute Gasteiger partial charge is 0.443 e. The second kappa shape index (κ2) is 5.52. The molecule has 1 aliphatic heterocycles. The molecule has 122 valence electrons. The lowest BCUT2D eigenvalue weighted by Gasteiger charge is -2.35. The summed E-state index contributed by atoms with van der Waals surface area (Å²) in [5.41, 5.74) is 1.18. The van der Waals surface area contributed by atoms with E-state index in [-0.39, 0.29) is 17.3 Å². The molecule has 1 aromatic rings. The molecule has 3 rings (SSSR count). The summed E-state index contributed by atoms with van der Waals surface area (Å²) >= 11 is 0. The van der Waals surface area contributed by atoms with E-state index in [1.165, 1.54) is 5.56 Å². The van der Waals surface area contributed by atoms with Gasteiger partial charge in [0.15, 0.2) is 5.78 Å². The van der Waals surface area contributed by atoms with Gasteiger partial charge in [0.2, 0.25) is 0 Å². The van der Waals surface area contributed by atoms with Crippen LogP contribution in [0.15, 0.2) is 42.1 Å². The van der Waals surface area contributed by atoms with E-state index in [1.807, 2.05) is 39.0 Å². The van der Waals surface area contributed by atoms with Gasteiger partial charge in [-0.2, -0.15) is 0 Å². The molecule has 2 aliphatic rings. The molecule has 1 saturated heterocycles. The number of rotatable bonds is 1. The molecule has 23 heavy (non-hydrogen) atoms. The molecule has 4 heteroatoms. The molecule has 1 atom stereocenters. The summed E-state index contributed by atoms with van der Waals surface area (Å²) in [6.07, 6.45) is 3.39. The summed E-state index contributed by atoms with van der Waals surface area (Å²) in [6, 6.07) is 10.2. The summed E-state index contributed by atoms with van der Waals surface area (Å²) in [5, 5.41) is 0. The Hall–Kier alpha value is -2.10. The van der Waals surface area contributed by atoms with Crippen LogP contribution in [0.1, 0.15) is 45.6 Å². The highest BCUT2D eigenvalue weighted by molar-refractivity contribution is 5.93. The number of amides is 1. The number of fused-ring (bicyclic) bond motifs is 1. The number of carbonyl (C=O) groups excluding carboxylic acids is 2. The predicted octanol–water partition coefficient (Wildman–Crippen LogP) is 3.81. The molecule has 0 N–H and O–H groups in total. The summed E-state index contributed by atoms with van der Waals surface area (Å²) in [7, 11) is 0. The van der Waals surface area contributed by atoms with E-state index in [2.05, 4.69) is 12.1 Å². The summed E-state index contributed by atoms with van der Waals surface area (Å²) in [6.45, 7) is 6.15. The maximum Gasteiger partial charge on any atom is 0.414 e. The third kappa shape index (κ3) is 2.90. The first-order chi connectivity index (χ1) is 10.8. The van der Waals surface area contributed by atoms with Crippen LogP contribution >= 0.6 is 0 Å². The Bertz CT molecular complexity index is 657. The highest BCUT2D eigenvalue weighted by Crippen LogP contribution is 2.48. The number of benzene rings is 1. The molecule has 0 aromatic heterocycles. The summed E-state index contributed by atoms with van der Waals surface area (Å²) in [4.78, 5) is 26.2. The van der Waals surface area contributed by atoms with Gasteiger partial charge >= 0.3 is 6.09 Å². The van der Waals surface area contributed by atoms with E-state index < -0.39 is 5.60 Å². The van der Waals surface area contributed by atoms with Crippen LogP contribution in [0.4, 0.5) is 4.79 Å². The molecule has 1 heterocycles. The van der Waals surface area contributed by atoms with Gasteiger partial charge in [-0.1, -0.05) is 30.3 Å². The number of nitrogens with zero attached hydrogens (tertiary/aromatic N) is 1. The number of hydrogen-bond acceptors (Lipinski definition) is 3. The van der Waals surface area contributed by atoms with Crippen molar-refractivity contribution >= 4 is 11.9 Å². The van der Waals surface area contributed by atoms with Gasteiger partial charge in [0.25, 0.3) is 0 Å². The van der Waals surface area contributed by atoms with Crippen LogP contribution in [0.5, 0.6) is 0 Å². The van der Waals surface area contributed by atoms with Crippen molar-refractivity contribution in [3.8, 4) is 0 Å². The van der Waals surface area contributed by atoms with Crippen molar-refractivity contribution in [1.29, 1.82) is 0 Å². The molecule has 0 unspecified atom stereocenters. The van der Waals surface area contributed by atoms with Crippen molar-refractivity contribution in [1.82, 2.24) is 4.90 Å². The Morgan fingerprint density at radius 1 is 1.17 bits per heavy atom. The monoisotopic (exact) mass is 313 g/mol. The molecule has 1 fully saturated rings. The minimum atomic E-state index is -0.547. The van der Waals surface area contributed by atoms with Crippen LogP contribution in [0, 0.1) is 0 Å². The Morgan fingerprint density at radius 3 is 2.52 bits per heavy atom. The van der Waals surface area contributed by atoms with Crippen LogP contribution in [-0.2, 0) is 14.9 Å². The lowest BCUT2D eigenvalue weighted by Crippen LogP contribution is -2.38. The third-order valence-electron chi connectivity index (χ3n) is 4.58. The van der Waals surface area contributed by atoms with Gasteiger partial charge < -0.3 is 4.74 Å². The van der Waals surface area contributed by atoms with Gasteiger partial charge in [0.1, 0.15) is 5.60 Å². The second-order valence-corrected chi connectivity index (χ2v) is 7.33. The van der Waals surface area contributed by atoms with E-state index in [4.69, 9.17) is 4.74 Å². The zero-order chi connectivity index (χ0) is 16.7. The number of likely N-dealkylation sites (tertiary alicyclic amines) is 1. The Labute approximate surface area is 137 Å². The zero-order valence-corrected chi connectivity index (χ0v) is 14.0. The first-order valence-electron chi connectivity index (χ1n) is 8.13. The maximum atomic E-state index is 12.5. The van der Waals surface area contributed by atoms with Crippen LogP contribution in [0.3, 0.4) is 0 Å². The average molecular weight is 313 g/mol. The van der Waals surface area contributed by atoms with E-state index in [9.17, 15) is 9.59 Å². The minimum absolute atomic E-state index is 0.0852. The third-order valence-corrected chi connectivity index (χ3v) is 4.58. The molecule has 4 nitrogen and oxygen atoms in total. The molecule has 0 bridgehead atoms. The molecule has 0 spiro atoms. The Balaban J connectivity index is 1.98. The SMILES string of the molecule is CC(C)(C)OC(=O)N1CC[C@@]2(c3ccccc3)CCC(=O)C=C12. The molecule has 1 amide bonds. The Kier molecular flexibility index (Phi) is 3.78. The van der Waals surface area contributed by atoms with Crippen molar-refractivity contribution < 1.29 is 14.3 Å². The van der Waals surface area contributed by atoms with Gasteiger partial charge in [-0.25, -0.2) is 4.79 Å². The van der Waals surface area contributed by atoms with E-state index in [1.54, 1.807) is 11.0 Å². The van der Waals surface area contributed by atoms with Crippen molar-refractivity contribution in [3.05, 3.63) is 47.7 Å². The van der Waals surface area contributed by atoms with Crippen molar-refractivity contribution in [3.63, 3.8) is 0 Å². The molecule has 0 radical (unpaired) electrons. The lowest BCUT2D eigenvalue weighted by molar-refractivity contribution is -0.115. The molecular weight excluding hydrogens is 290 g/mol. The number of allylic oxidation sites excluding steroid dienone is 2. The predicted molar refractivity (Wildman–Crippen MR) is 88.0 cm³/mol. The van der Waals surface area contributed by atoms with E-state index in [0.717, 1.165) is 18.5 Å². The molecular formula is C19H23NO3. The quantitative estimate of drug-likeness (QED) is 0.792. The van der Waals surface area contributed by atoms with Crippen molar-refractivity contribution in [2.24, 2.45) is 0 Å². The number of hydrogen-bond donors (Lipinski definition) is 0. The summed E-state index contributed by atoms with van der Waals surface area (Å²) < 4.78 is 5.52. The lowest BCUT2D eigenvalue weighted by atomic mass is 9.70. The number of carbonyl (C=O) groups is 2. The zero-order valence-electron chi connectivity index (χ0n) is 14.0. The topological polar surface area (TPSA) is 46.6 Å². The van der Waals surface area contributed by atoms with Gasteiger partial charge in [-0.3, -0.25) is 9.69 Å². The van der Waals surface area contributed by atoms with Crippen LogP contribution < -0.4 is 0 Å². The summed E-state index contributed by atoms with van der Waals surface area (Å²) in [5.74, 6) is 0.0852. The van der Waals surface area contributed by atoms with Gasteiger partial charge in [0.05, 0.1) is 0 Å². The molecule has 1 aromatic carbocycles. The Morgan fingerprint density at radius 2 is 1.87 bits per heavy atom. The standard InChI is InChI=1S/C19H23NO3/c1-18(2,3)23-17(22)20-12-11-19(14-7-5-4-6-8-14)10-9-15(21)13-16(19)20/h4-8,13H,9-12H2,1-3H3/t19-/m1/s1. The van der Waals surface area contributed by atoms with Gasteiger partial charge in [-0.05, 0) is 39.2 Å². The fourth-order valence-corrected chi connectivity index (χ4v) is 3.54. The molecule has 1 aliphatic carbocycles. The minimum Gasteiger partial charge on any atom is -0.443 e. The fraction of sp³-hybridized carbons (Fsp3) is 0.474. The fourth-order valence-electron chi connectivity index (χ4n) is 3.54. The normalized spacial score (nSPS) is 24.2. The van der Waals surface area contributed by atoms with Crippen molar-refractivity contribution in [2.75, 3.05) is 6.54 Å². The van der Waals surface area contributed by atoms with Crippen LogP contribution in [0.25, 0.3) is 0 Å². The number of ether oxygens (including phenoxy) is 1. The molecule has 0 saturated carbocycles. The second-order valence-electron chi connectivity index (χ2n) is 7.33. The number of ketones is 1. The van der Waals surface area contributed by atoms with Gasteiger partial charge in [0, 0.05) is 30.2 Å². The van der Waals surface area contributed by atoms with E-state index in [0.29, 0.717) is 13.0 Å². The first kappa shape index (κ1) is 15.8. The first-order valence-corrected chi connectivity index (χ1v) is 8.13. The van der Waals surface area contributed by atoms with Crippen LogP contribution in [0.2, 0.25) is 0 Å². The van der Waals surface area contributed by atoms with E-state index >= 15 is 0 Å². The van der Waals surface area contributed by atoms with Crippen LogP contribution in [-0.4, -0.2) is 28.9 Å². The van der Waals surface area contributed by atoms with Gasteiger partial charge in [-0.15, -0.1) is 0 Å². The highest BCUT2D eigenvalue weighted by Gasteiger charge is 2.49. The maximum absolute atomic E-state index is 12.5.